The minimum Gasteiger partial charge on any atom is -0.380 e. The Labute approximate surface area is 156 Å². The number of amides is 1. The Morgan fingerprint density at radius 3 is 2.19 bits per heavy atom. The minimum absolute atomic E-state index is 0.0550. The lowest BCUT2D eigenvalue weighted by Crippen LogP contribution is -2.51. The van der Waals surface area contributed by atoms with Gasteiger partial charge in [0.05, 0.1) is 17.4 Å². The van der Waals surface area contributed by atoms with Crippen LogP contribution in [-0.4, -0.2) is 69.5 Å². The minimum atomic E-state index is -3.54. The number of hydrogen-bond donors (Lipinski definition) is 1. The summed E-state index contributed by atoms with van der Waals surface area (Å²) in [5.74, 6) is 0.298. The fourth-order valence-corrected chi connectivity index (χ4v) is 4.36. The van der Waals surface area contributed by atoms with Crippen molar-refractivity contribution in [1.29, 1.82) is 0 Å². The molecule has 146 valence electrons. The van der Waals surface area contributed by atoms with E-state index in [1.807, 2.05) is 12.1 Å². The van der Waals surface area contributed by atoms with Gasteiger partial charge < -0.3 is 15.4 Å². The van der Waals surface area contributed by atoms with Crippen LogP contribution in [0.5, 0.6) is 0 Å². The van der Waals surface area contributed by atoms with Crippen LogP contribution in [0.1, 0.15) is 31.7 Å². The molecule has 1 amide bonds. The van der Waals surface area contributed by atoms with Gasteiger partial charge in [-0.05, 0) is 23.6 Å². The molecule has 2 rings (SSSR count). The summed E-state index contributed by atoms with van der Waals surface area (Å²) in [6, 6.07) is 7.03. The molecule has 0 aliphatic carbocycles. The van der Waals surface area contributed by atoms with Crippen LogP contribution in [-0.2, 0) is 19.6 Å². The standard InChI is InChI=1S/C18H29N3O4S/c1-14(2)15-4-6-17(7-5-15)26(23,24)21-10-8-20(9-11-21)18(22)12-16(13-19)25-3/h4-7,14,16H,8-13,19H2,1-3H3. The van der Waals surface area contributed by atoms with Gasteiger partial charge in [-0.2, -0.15) is 4.31 Å². The third kappa shape index (κ3) is 4.82. The van der Waals surface area contributed by atoms with Gasteiger partial charge in [-0.3, -0.25) is 4.79 Å². The Hall–Kier alpha value is -1.48. The van der Waals surface area contributed by atoms with Crippen LogP contribution in [0.3, 0.4) is 0 Å². The zero-order valence-corrected chi connectivity index (χ0v) is 16.5. The highest BCUT2D eigenvalue weighted by Gasteiger charge is 2.30. The van der Waals surface area contributed by atoms with Crippen LogP contribution in [0.4, 0.5) is 0 Å². The van der Waals surface area contributed by atoms with E-state index in [1.165, 1.54) is 11.4 Å². The predicted octanol–water partition coefficient (Wildman–Crippen LogP) is 1.01. The van der Waals surface area contributed by atoms with E-state index in [9.17, 15) is 13.2 Å². The molecule has 8 heteroatoms. The molecule has 1 aromatic carbocycles. The molecule has 1 fully saturated rings. The van der Waals surface area contributed by atoms with Crippen molar-refractivity contribution in [2.45, 2.75) is 37.2 Å². The number of nitrogens with zero attached hydrogens (tertiary/aromatic N) is 2. The summed E-state index contributed by atoms with van der Waals surface area (Å²) in [5, 5.41) is 0. The summed E-state index contributed by atoms with van der Waals surface area (Å²) in [6.45, 7) is 5.76. The lowest BCUT2D eigenvalue weighted by molar-refractivity contribution is -0.134. The van der Waals surface area contributed by atoms with E-state index in [2.05, 4.69) is 13.8 Å². The van der Waals surface area contributed by atoms with Crippen LogP contribution in [0.25, 0.3) is 0 Å². The fourth-order valence-electron chi connectivity index (χ4n) is 2.94. The number of sulfonamides is 1. The van der Waals surface area contributed by atoms with Gasteiger partial charge in [0.1, 0.15) is 0 Å². The molecule has 1 atom stereocenters. The van der Waals surface area contributed by atoms with Gasteiger partial charge in [0.15, 0.2) is 0 Å². The topological polar surface area (TPSA) is 92.9 Å². The maximum atomic E-state index is 12.8. The fraction of sp³-hybridized carbons (Fsp3) is 0.611. The van der Waals surface area contributed by atoms with E-state index in [-0.39, 0.29) is 25.0 Å². The number of nitrogens with two attached hydrogens (primary N) is 1. The Morgan fingerprint density at radius 2 is 1.73 bits per heavy atom. The Kier molecular flexibility index (Phi) is 7.16. The number of piperazine rings is 1. The van der Waals surface area contributed by atoms with Crippen molar-refractivity contribution >= 4 is 15.9 Å². The summed E-state index contributed by atoms with van der Waals surface area (Å²) in [6.07, 6.45) is -0.0834. The SMILES string of the molecule is COC(CN)CC(=O)N1CCN(S(=O)(=O)c2ccc(C(C)C)cc2)CC1. The average Bonchev–Trinajstić information content (AvgIpc) is 2.66. The highest BCUT2D eigenvalue weighted by molar-refractivity contribution is 7.89. The molecule has 1 aliphatic rings. The Bertz CT molecular complexity index is 692. The highest BCUT2D eigenvalue weighted by Crippen LogP contribution is 2.21. The van der Waals surface area contributed by atoms with Gasteiger partial charge in [0.25, 0.3) is 0 Å². The van der Waals surface area contributed by atoms with Gasteiger partial charge in [0.2, 0.25) is 15.9 Å². The largest absolute Gasteiger partial charge is 0.380 e. The van der Waals surface area contributed by atoms with Crippen LogP contribution in [0, 0.1) is 0 Å². The molecule has 1 unspecified atom stereocenters. The molecule has 0 radical (unpaired) electrons. The van der Waals surface area contributed by atoms with Crippen LogP contribution >= 0.6 is 0 Å². The predicted molar refractivity (Wildman–Crippen MR) is 100 cm³/mol. The van der Waals surface area contributed by atoms with Gasteiger partial charge in [-0.15, -0.1) is 0 Å². The highest BCUT2D eigenvalue weighted by atomic mass is 32.2. The quantitative estimate of drug-likeness (QED) is 0.758. The van der Waals surface area contributed by atoms with Crippen molar-refractivity contribution < 1.29 is 17.9 Å². The van der Waals surface area contributed by atoms with Crippen molar-refractivity contribution in [2.24, 2.45) is 5.73 Å². The molecule has 1 aromatic rings. The summed E-state index contributed by atoms with van der Waals surface area (Å²) in [7, 11) is -2.01. The summed E-state index contributed by atoms with van der Waals surface area (Å²) in [4.78, 5) is 14.2. The molecule has 0 spiro atoms. The number of hydrogen-bond acceptors (Lipinski definition) is 5. The second-order valence-electron chi connectivity index (χ2n) is 6.81. The lowest BCUT2D eigenvalue weighted by Gasteiger charge is -2.34. The maximum absolute atomic E-state index is 12.8. The van der Waals surface area contributed by atoms with Gasteiger partial charge >= 0.3 is 0 Å². The molecule has 1 heterocycles. The third-order valence-electron chi connectivity index (χ3n) is 4.77. The first kappa shape index (κ1) is 20.8. The molecule has 0 bridgehead atoms. The van der Waals surface area contributed by atoms with Crippen molar-refractivity contribution in [2.75, 3.05) is 39.8 Å². The zero-order valence-electron chi connectivity index (χ0n) is 15.7. The molecule has 0 saturated carbocycles. The first-order valence-electron chi connectivity index (χ1n) is 8.90. The normalized spacial score (nSPS) is 17.5. The summed E-state index contributed by atoms with van der Waals surface area (Å²) >= 11 is 0. The summed E-state index contributed by atoms with van der Waals surface area (Å²) in [5.41, 5.74) is 6.65. The monoisotopic (exact) mass is 383 g/mol. The van der Waals surface area contributed by atoms with Crippen molar-refractivity contribution in [3.8, 4) is 0 Å². The number of carbonyl (C=O) groups is 1. The van der Waals surface area contributed by atoms with E-state index in [1.54, 1.807) is 17.0 Å². The number of benzene rings is 1. The smallest absolute Gasteiger partial charge is 0.243 e. The van der Waals surface area contributed by atoms with Crippen molar-refractivity contribution in [1.82, 2.24) is 9.21 Å². The van der Waals surface area contributed by atoms with E-state index in [0.29, 0.717) is 37.0 Å². The van der Waals surface area contributed by atoms with E-state index < -0.39 is 10.0 Å². The number of rotatable bonds is 7. The number of carbonyl (C=O) groups excluding carboxylic acids is 1. The van der Waals surface area contributed by atoms with E-state index >= 15 is 0 Å². The molecular weight excluding hydrogens is 354 g/mol. The third-order valence-corrected chi connectivity index (χ3v) is 6.69. The lowest BCUT2D eigenvalue weighted by atomic mass is 10.0. The zero-order chi connectivity index (χ0) is 19.3. The Morgan fingerprint density at radius 1 is 1.15 bits per heavy atom. The second-order valence-corrected chi connectivity index (χ2v) is 8.74. The Balaban J connectivity index is 1.98. The van der Waals surface area contributed by atoms with Crippen molar-refractivity contribution in [3.05, 3.63) is 29.8 Å². The average molecular weight is 384 g/mol. The maximum Gasteiger partial charge on any atom is 0.243 e. The molecular formula is C18H29N3O4S. The van der Waals surface area contributed by atoms with Crippen molar-refractivity contribution in [3.63, 3.8) is 0 Å². The number of ether oxygens (including phenoxy) is 1. The molecule has 7 nitrogen and oxygen atoms in total. The van der Waals surface area contributed by atoms with Gasteiger partial charge in [0, 0.05) is 39.8 Å². The molecule has 26 heavy (non-hydrogen) atoms. The molecule has 1 saturated heterocycles. The molecule has 0 aromatic heterocycles. The van der Waals surface area contributed by atoms with Crippen LogP contribution in [0.15, 0.2) is 29.2 Å². The second kappa shape index (κ2) is 8.94. The summed E-state index contributed by atoms with van der Waals surface area (Å²) < 4.78 is 32.2. The first-order chi connectivity index (χ1) is 12.3. The molecule has 2 N–H and O–H groups in total. The van der Waals surface area contributed by atoms with Gasteiger partial charge in [-0.25, -0.2) is 8.42 Å². The van der Waals surface area contributed by atoms with Crippen LogP contribution < -0.4 is 5.73 Å². The van der Waals surface area contributed by atoms with Crippen LogP contribution in [0.2, 0.25) is 0 Å². The molecule has 1 aliphatic heterocycles. The number of methoxy groups -OCH3 is 1. The van der Waals surface area contributed by atoms with Gasteiger partial charge in [-0.1, -0.05) is 26.0 Å². The van der Waals surface area contributed by atoms with E-state index in [0.717, 1.165) is 5.56 Å². The van der Waals surface area contributed by atoms with E-state index in [4.69, 9.17) is 10.5 Å². The first-order valence-corrected chi connectivity index (χ1v) is 10.3.